The molecule has 72 valence electrons. The zero-order valence-electron chi connectivity index (χ0n) is 7.04. The van der Waals surface area contributed by atoms with Crippen LogP contribution in [0.2, 0.25) is 0 Å². The van der Waals surface area contributed by atoms with Gasteiger partial charge in [-0.3, -0.25) is 0 Å². The van der Waals surface area contributed by atoms with Crippen LogP contribution in [0, 0.1) is 11.3 Å². The lowest BCUT2D eigenvalue weighted by molar-refractivity contribution is 1.02. The van der Waals surface area contributed by atoms with Crippen molar-refractivity contribution in [3.8, 4) is 6.07 Å². The largest absolute Gasteiger partial charge is 0.364 e. The average molecular weight is 229 g/mol. The topological polar surface area (TPSA) is 61.6 Å². The second-order valence-corrected chi connectivity index (χ2v) is 3.29. The molecule has 1 N–H and O–H groups in total. The maximum absolute atomic E-state index is 8.70. The monoisotopic (exact) mass is 228 g/mol. The van der Waals surface area contributed by atoms with Crippen LogP contribution in [0.4, 0.5) is 5.82 Å². The van der Waals surface area contributed by atoms with Crippen molar-refractivity contribution in [3.05, 3.63) is 28.4 Å². The Labute approximate surface area is 91.2 Å². The molecule has 0 aliphatic rings. The third-order valence-corrected chi connectivity index (χ3v) is 1.68. The van der Waals surface area contributed by atoms with Crippen LogP contribution >= 0.6 is 23.2 Å². The van der Waals surface area contributed by atoms with Gasteiger partial charge in [0.2, 0.25) is 0 Å². The van der Waals surface area contributed by atoms with Crippen LogP contribution in [0.3, 0.4) is 0 Å². The maximum Gasteiger partial charge on any atom is 0.166 e. The van der Waals surface area contributed by atoms with E-state index in [0.29, 0.717) is 17.9 Å². The van der Waals surface area contributed by atoms with E-state index in [9.17, 15) is 0 Å². The van der Waals surface area contributed by atoms with Crippen molar-refractivity contribution < 1.29 is 0 Å². The lowest BCUT2D eigenvalue weighted by atomic mass is 10.3. The summed E-state index contributed by atoms with van der Waals surface area (Å²) in [6.07, 6.45) is 3.01. The van der Waals surface area contributed by atoms with Crippen LogP contribution in [0.15, 0.2) is 22.8 Å². The summed E-state index contributed by atoms with van der Waals surface area (Å²) in [5.74, 6) is 0.417. The van der Waals surface area contributed by atoms with Crippen LogP contribution in [0.25, 0.3) is 0 Å². The maximum atomic E-state index is 8.70. The van der Waals surface area contributed by atoms with Crippen LogP contribution in [-0.4, -0.2) is 16.7 Å². The molecule has 0 saturated carbocycles. The van der Waals surface area contributed by atoms with Gasteiger partial charge >= 0.3 is 0 Å². The van der Waals surface area contributed by atoms with Crippen molar-refractivity contribution in [2.75, 3.05) is 11.9 Å². The third-order valence-electron chi connectivity index (χ3n) is 1.37. The number of anilines is 1. The molecule has 0 aliphatic heterocycles. The van der Waals surface area contributed by atoms with Crippen LogP contribution in [0.5, 0.6) is 0 Å². The Balaban J connectivity index is 2.68. The zero-order valence-corrected chi connectivity index (χ0v) is 8.55. The number of rotatable bonds is 3. The molecule has 1 rings (SSSR count). The van der Waals surface area contributed by atoms with Gasteiger partial charge in [0.15, 0.2) is 5.82 Å². The number of nitrogens with one attached hydrogen (secondary N) is 1. The van der Waals surface area contributed by atoms with E-state index in [2.05, 4.69) is 15.5 Å². The van der Waals surface area contributed by atoms with E-state index < -0.39 is 0 Å². The average Bonchev–Trinajstić information content (AvgIpc) is 2.18. The molecule has 6 heteroatoms. The smallest absolute Gasteiger partial charge is 0.166 e. The third kappa shape index (κ3) is 3.21. The molecule has 0 aromatic carbocycles. The van der Waals surface area contributed by atoms with Crippen molar-refractivity contribution in [1.82, 2.24) is 10.2 Å². The predicted molar refractivity (Wildman–Crippen MR) is 55.0 cm³/mol. The predicted octanol–water partition coefficient (Wildman–Crippen LogP) is 2.08. The van der Waals surface area contributed by atoms with Gasteiger partial charge in [-0.1, -0.05) is 23.2 Å². The molecule has 0 saturated heterocycles. The molecule has 0 spiro atoms. The van der Waals surface area contributed by atoms with Crippen molar-refractivity contribution >= 4 is 29.0 Å². The normalized spacial score (nSPS) is 8.93. The molecule has 1 aromatic heterocycles. The lowest BCUT2D eigenvalue weighted by Gasteiger charge is -2.01. The fourth-order valence-electron chi connectivity index (χ4n) is 0.777. The molecule has 0 radical (unpaired) electrons. The highest BCUT2D eigenvalue weighted by molar-refractivity contribution is 6.55. The van der Waals surface area contributed by atoms with E-state index in [0.717, 1.165) is 0 Å². The van der Waals surface area contributed by atoms with Crippen LogP contribution in [0.1, 0.15) is 5.56 Å². The van der Waals surface area contributed by atoms with Crippen LogP contribution in [-0.2, 0) is 0 Å². The van der Waals surface area contributed by atoms with Crippen molar-refractivity contribution in [2.45, 2.75) is 0 Å². The summed E-state index contributed by atoms with van der Waals surface area (Å²) in [5.41, 5.74) is 0.430. The molecule has 14 heavy (non-hydrogen) atoms. The first kappa shape index (κ1) is 10.8. The van der Waals surface area contributed by atoms with Gasteiger partial charge in [0.05, 0.1) is 11.8 Å². The Morgan fingerprint density at radius 3 is 3.07 bits per heavy atom. The first-order valence-electron chi connectivity index (χ1n) is 3.71. The molecule has 0 bridgehead atoms. The van der Waals surface area contributed by atoms with Crippen molar-refractivity contribution in [1.29, 1.82) is 5.26 Å². The molecule has 0 atom stereocenters. The van der Waals surface area contributed by atoms with E-state index in [-0.39, 0.29) is 4.49 Å². The van der Waals surface area contributed by atoms with E-state index in [1.807, 2.05) is 6.07 Å². The molecule has 0 amide bonds. The van der Waals surface area contributed by atoms with E-state index in [1.165, 1.54) is 6.20 Å². The van der Waals surface area contributed by atoms with Crippen molar-refractivity contribution in [3.63, 3.8) is 0 Å². The standard InChI is InChI=1S/C8H6Cl2N4/c9-7(10)2-3-12-8-6(5-11)1-4-13-14-8/h1-2,4H,3H2,(H,12,14). The molecule has 0 unspecified atom stereocenters. The minimum atomic E-state index is 0.167. The van der Waals surface area contributed by atoms with Gasteiger partial charge in [0.1, 0.15) is 10.6 Å². The molecule has 0 fully saturated rings. The fourth-order valence-corrected chi connectivity index (χ4v) is 0.932. The Morgan fingerprint density at radius 2 is 2.43 bits per heavy atom. The second kappa shape index (κ2) is 5.43. The molecular formula is C8H6Cl2N4. The summed E-state index contributed by atoms with van der Waals surface area (Å²) in [7, 11) is 0. The number of nitriles is 1. The minimum absolute atomic E-state index is 0.167. The SMILES string of the molecule is N#Cc1ccnnc1NCC=C(Cl)Cl. The fraction of sp³-hybridized carbons (Fsp3) is 0.125. The first-order chi connectivity index (χ1) is 6.74. The van der Waals surface area contributed by atoms with Crippen molar-refractivity contribution in [2.24, 2.45) is 0 Å². The lowest BCUT2D eigenvalue weighted by Crippen LogP contribution is -2.03. The molecule has 4 nitrogen and oxygen atoms in total. The van der Waals surface area contributed by atoms with Gasteiger partial charge < -0.3 is 5.32 Å². The highest BCUT2D eigenvalue weighted by Gasteiger charge is 2.00. The highest BCUT2D eigenvalue weighted by atomic mass is 35.5. The summed E-state index contributed by atoms with van der Waals surface area (Å²) in [5, 5.41) is 18.9. The minimum Gasteiger partial charge on any atom is -0.364 e. The summed E-state index contributed by atoms with van der Waals surface area (Å²) in [6, 6.07) is 3.55. The quantitative estimate of drug-likeness (QED) is 0.861. The van der Waals surface area contributed by atoms with Crippen LogP contribution < -0.4 is 5.32 Å². The number of nitrogens with zero attached hydrogens (tertiary/aromatic N) is 3. The number of halogens is 2. The van der Waals surface area contributed by atoms with Gasteiger partial charge in [0, 0.05) is 6.54 Å². The van der Waals surface area contributed by atoms with Gasteiger partial charge in [-0.25, -0.2) is 0 Å². The number of hydrogen-bond donors (Lipinski definition) is 1. The Hall–Kier alpha value is -1.31. The highest BCUT2D eigenvalue weighted by Crippen LogP contribution is 2.09. The Kier molecular flexibility index (Phi) is 4.17. The Bertz CT molecular complexity index is 379. The van der Waals surface area contributed by atoms with Gasteiger partial charge in [-0.15, -0.1) is 5.10 Å². The second-order valence-electron chi connectivity index (χ2n) is 2.28. The summed E-state index contributed by atoms with van der Waals surface area (Å²) >= 11 is 10.8. The number of hydrogen-bond acceptors (Lipinski definition) is 4. The molecular weight excluding hydrogens is 223 g/mol. The number of aromatic nitrogens is 2. The van der Waals surface area contributed by atoms with Gasteiger partial charge in [-0.05, 0) is 12.1 Å². The summed E-state index contributed by atoms with van der Waals surface area (Å²) in [6.45, 7) is 0.399. The molecule has 1 heterocycles. The summed E-state index contributed by atoms with van der Waals surface area (Å²) < 4.78 is 0.167. The first-order valence-corrected chi connectivity index (χ1v) is 4.46. The molecule has 1 aromatic rings. The Morgan fingerprint density at radius 1 is 1.64 bits per heavy atom. The van der Waals surface area contributed by atoms with E-state index >= 15 is 0 Å². The van der Waals surface area contributed by atoms with Gasteiger partial charge in [-0.2, -0.15) is 10.4 Å². The van der Waals surface area contributed by atoms with E-state index in [1.54, 1.807) is 12.1 Å². The zero-order chi connectivity index (χ0) is 10.4. The summed E-state index contributed by atoms with van der Waals surface area (Å²) in [4.78, 5) is 0. The molecule has 0 aliphatic carbocycles. The van der Waals surface area contributed by atoms with E-state index in [4.69, 9.17) is 28.5 Å². The van der Waals surface area contributed by atoms with Gasteiger partial charge in [0.25, 0.3) is 0 Å².